The lowest BCUT2D eigenvalue weighted by molar-refractivity contribution is -0.746. The molecule has 0 aromatic carbocycles. The van der Waals surface area contributed by atoms with E-state index in [9.17, 15) is 24.8 Å². The van der Waals surface area contributed by atoms with Gasteiger partial charge in [0.2, 0.25) is 11.7 Å². The summed E-state index contributed by atoms with van der Waals surface area (Å²) in [6, 6.07) is 0. The largest absolute Gasteiger partial charge is 0.387 e. The molecule has 3 rings (SSSR count). The minimum atomic E-state index is -4.41. The summed E-state index contributed by atoms with van der Waals surface area (Å²) < 4.78 is 28.0. The quantitative estimate of drug-likeness (QED) is 0.209. The summed E-state index contributed by atoms with van der Waals surface area (Å²) in [5.74, 6) is 0. The Hall–Kier alpha value is -1.24. The molecule has 7 atom stereocenters. The molecule has 3 heterocycles. The highest BCUT2D eigenvalue weighted by atomic mass is 32.1. The van der Waals surface area contributed by atoms with E-state index >= 15 is 0 Å². The summed E-state index contributed by atoms with van der Waals surface area (Å²) in [6.45, 7) is 6.22. The number of aromatic amines is 1. The van der Waals surface area contributed by atoms with Crippen molar-refractivity contribution >= 4 is 31.0 Å². The number of aliphatic hydroxyl groups is 3. The number of aryl methyl sites for hydroxylation is 1. The molecule has 2 aromatic rings. The maximum atomic E-state index is 12.7. The molecule has 0 aliphatic carbocycles. The Morgan fingerprint density at radius 2 is 2.00 bits per heavy atom. The number of imidazole rings is 1. The SMILES string of the molecule is CCC(C)(C[C@H]1O[C@@H]([n+]2cn(C)c3c(=S)nc[nH]c32)[C@H](O)[C@@H]1O)OP(=O)(O)[C@@](C)(O)CC. The first-order valence-electron chi connectivity index (χ1n) is 10.5. The number of nitrogens with one attached hydrogen (secondary N) is 1. The van der Waals surface area contributed by atoms with Crippen molar-refractivity contribution in [2.75, 3.05) is 0 Å². The van der Waals surface area contributed by atoms with Crippen molar-refractivity contribution in [3.05, 3.63) is 17.3 Å². The minimum absolute atomic E-state index is 0.0193. The zero-order valence-corrected chi connectivity index (χ0v) is 20.5. The normalized spacial score (nSPS) is 29.5. The molecular formula is C19H32N4O7PS+. The van der Waals surface area contributed by atoms with Gasteiger partial charge in [-0.1, -0.05) is 26.1 Å². The Labute approximate surface area is 191 Å². The van der Waals surface area contributed by atoms with E-state index in [4.69, 9.17) is 21.5 Å². The Balaban J connectivity index is 1.87. The van der Waals surface area contributed by atoms with Gasteiger partial charge in [-0.15, -0.1) is 0 Å². The van der Waals surface area contributed by atoms with Gasteiger partial charge in [0.05, 0.1) is 18.8 Å². The van der Waals surface area contributed by atoms with Gasteiger partial charge >= 0.3 is 7.60 Å². The standard InChI is InChI=1S/C19H31N4O7PS/c1-6-18(3,30-31(27,28)19(4,26)7-2)8-11-13(24)14(25)17(29-11)23-10-22(5)12-15(23)20-9-21-16(12)32/h9-11,13-14,17,24-26H,6-8H2,1-5H3,(H-,20,21,27,28,32)/p+1/t11-,13-,14-,17-,18?,19-/m1/s1. The van der Waals surface area contributed by atoms with Crippen molar-refractivity contribution in [1.82, 2.24) is 14.5 Å². The van der Waals surface area contributed by atoms with Crippen LogP contribution in [0.2, 0.25) is 0 Å². The van der Waals surface area contributed by atoms with Crippen LogP contribution in [0, 0.1) is 4.64 Å². The van der Waals surface area contributed by atoms with E-state index in [1.54, 1.807) is 43.3 Å². The van der Waals surface area contributed by atoms with E-state index in [0.717, 1.165) is 0 Å². The fourth-order valence-electron chi connectivity index (χ4n) is 3.79. The van der Waals surface area contributed by atoms with Gasteiger partial charge in [-0.3, -0.25) is 14.1 Å². The van der Waals surface area contributed by atoms with E-state index < -0.39 is 43.1 Å². The lowest BCUT2D eigenvalue weighted by Gasteiger charge is -2.37. The molecule has 32 heavy (non-hydrogen) atoms. The smallest absolute Gasteiger partial charge is 0.359 e. The fourth-order valence-corrected chi connectivity index (χ4v) is 5.48. The van der Waals surface area contributed by atoms with E-state index in [1.165, 1.54) is 13.3 Å². The lowest BCUT2D eigenvalue weighted by Crippen LogP contribution is -2.46. The van der Waals surface area contributed by atoms with Crippen molar-refractivity contribution in [3.63, 3.8) is 0 Å². The molecule has 13 heteroatoms. The second-order valence-corrected chi connectivity index (χ2v) is 11.3. The molecule has 0 amide bonds. The van der Waals surface area contributed by atoms with Crippen LogP contribution in [0.25, 0.3) is 11.2 Å². The van der Waals surface area contributed by atoms with Gasteiger partial charge in [0.15, 0.2) is 22.6 Å². The Morgan fingerprint density at radius 3 is 2.59 bits per heavy atom. The number of fused-ring (bicyclic) bond motifs is 1. The van der Waals surface area contributed by atoms with Crippen molar-refractivity contribution < 1.29 is 38.6 Å². The van der Waals surface area contributed by atoms with Crippen LogP contribution in [0.15, 0.2) is 12.7 Å². The fraction of sp³-hybridized carbons (Fsp3) is 0.737. The van der Waals surface area contributed by atoms with Crippen LogP contribution in [0.5, 0.6) is 0 Å². The second kappa shape index (κ2) is 8.84. The number of hydrogen-bond donors (Lipinski definition) is 5. The zero-order chi connectivity index (χ0) is 24.1. The van der Waals surface area contributed by atoms with E-state index in [0.29, 0.717) is 22.2 Å². The van der Waals surface area contributed by atoms with E-state index in [1.807, 2.05) is 0 Å². The number of H-pyrrole nitrogens is 1. The van der Waals surface area contributed by atoms with Crippen LogP contribution in [0.4, 0.5) is 0 Å². The third kappa shape index (κ3) is 4.43. The van der Waals surface area contributed by atoms with Crippen molar-refractivity contribution in [1.29, 1.82) is 0 Å². The number of aromatic nitrogens is 4. The van der Waals surface area contributed by atoms with Gasteiger partial charge in [0.25, 0.3) is 5.65 Å². The van der Waals surface area contributed by atoms with Crippen molar-refractivity contribution in [2.24, 2.45) is 7.05 Å². The van der Waals surface area contributed by atoms with Gasteiger partial charge in [-0.25, -0.2) is 9.55 Å². The predicted octanol–water partition coefficient (Wildman–Crippen LogP) is 1.42. The highest BCUT2D eigenvalue weighted by molar-refractivity contribution is 7.71. The Bertz CT molecular complexity index is 1090. The highest BCUT2D eigenvalue weighted by Gasteiger charge is 2.51. The molecule has 1 saturated heterocycles. The maximum Gasteiger partial charge on any atom is 0.359 e. The molecule has 0 saturated carbocycles. The minimum Gasteiger partial charge on any atom is -0.387 e. The van der Waals surface area contributed by atoms with Crippen molar-refractivity contribution in [3.8, 4) is 0 Å². The molecule has 2 unspecified atom stereocenters. The number of nitrogens with zero attached hydrogens (tertiary/aromatic N) is 3. The first-order valence-corrected chi connectivity index (χ1v) is 12.5. The number of ether oxygens (including phenoxy) is 1. The number of aliphatic hydroxyl groups excluding tert-OH is 2. The van der Waals surface area contributed by atoms with Crippen LogP contribution < -0.4 is 4.57 Å². The second-order valence-electron chi connectivity index (χ2n) is 8.77. The van der Waals surface area contributed by atoms with E-state index in [2.05, 4.69) is 9.97 Å². The van der Waals surface area contributed by atoms with Gasteiger partial charge < -0.3 is 29.5 Å². The Kier molecular flexibility index (Phi) is 7.01. The zero-order valence-electron chi connectivity index (χ0n) is 18.8. The topological polar surface area (TPSA) is 154 Å². The highest BCUT2D eigenvalue weighted by Crippen LogP contribution is 2.59. The molecule has 1 fully saturated rings. The molecule has 1 aliphatic heterocycles. The summed E-state index contributed by atoms with van der Waals surface area (Å²) in [5.41, 5.74) is 0.00970. The van der Waals surface area contributed by atoms with Gasteiger partial charge in [-0.05, 0) is 26.7 Å². The van der Waals surface area contributed by atoms with Gasteiger partial charge in [-0.2, -0.15) is 0 Å². The predicted molar refractivity (Wildman–Crippen MR) is 117 cm³/mol. The summed E-state index contributed by atoms with van der Waals surface area (Å²) in [5, 5.41) is 29.8. The third-order valence-corrected chi connectivity index (χ3v) is 8.85. The summed E-state index contributed by atoms with van der Waals surface area (Å²) in [6.07, 6.45) is -0.896. The van der Waals surface area contributed by atoms with Crippen LogP contribution >= 0.6 is 19.8 Å². The molecule has 1 aliphatic rings. The third-order valence-electron chi connectivity index (χ3n) is 6.33. The number of hydrogen-bond acceptors (Lipinski definition) is 8. The average molecular weight is 492 g/mol. The summed E-state index contributed by atoms with van der Waals surface area (Å²) in [7, 11) is -2.63. The van der Waals surface area contributed by atoms with Crippen LogP contribution in [-0.4, -0.2) is 64.0 Å². The lowest BCUT2D eigenvalue weighted by atomic mass is 9.93. The molecule has 0 spiro atoms. The summed E-state index contributed by atoms with van der Waals surface area (Å²) in [4.78, 5) is 17.4. The number of rotatable bonds is 8. The monoisotopic (exact) mass is 491 g/mol. The molecule has 180 valence electrons. The Morgan fingerprint density at radius 1 is 1.34 bits per heavy atom. The molecular weight excluding hydrogens is 459 g/mol. The molecule has 2 aromatic heterocycles. The molecule has 0 bridgehead atoms. The van der Waals surface area contributed by atoms with Crippen molar-refractivity contribution in [2.45, 2.75) is 82.4 Å². The summed E-state index contributed by atoms with van der Waals surface area (Å²) >= 11 is 5.28. The molecule has 0 radical (unpaired) electrons. The first-order chi connectivity index (χ1) is 14.8. The molecule has 5 N–H and O–H groups in total. The van der Waals surface area contributed by atoms with Crippen LogP contribution in [0.1, 0.15) is 53.2 Å². The van der Waals surface area contributed by atoms with Gasteiger partial charge in [0.1, 0.15) is 12.2 Å². The van der Waals surface area contributed by atoms with Crippen LogP contribution in [-0.2, 0) is 20.9 Å². The van der Waals surface area contributed by atoms with Gasteiger partial charge in [0, 0.05) is 6.42 Å². The van der Waals surface area contributed by atoms with E-state index in [-0.39, 0.29) is 12.8 Å². The van der Waals surface area contributed by atoms with Crippen LogP contribution in [0.3, 0.4) is 0 Å². The average Bonchev–Trinajstić information content (AvgIpc) is 3.19. The maximum absolute atomic E-state index is 12.7. The molecule has 11 nitrogen and oxygen atoms in total. The first kappa shape index (κ1) is 25.4.